The Hall–Kier alpha value is -2.03. The molecule has 1 aromatic heterocycles. The van der Waals surface area contributed by atoms with E-state index in [0.717, 1.165) is 25.0 Å². The monoisotopic (exact) mass is 269 g/mol. The van der Waals surface area contributed by atoms with E-state index in [-0.39, 0.29) is 11.9 Å². The molecule has 0 spiro atoms. The van der Waals surface area contributed by atoms with E-state index >= 15 is 0 Å². The number of hydrogen-bond donors (Lipinski definition) is 1. The summed E-state index contributed by atoms with van der Waals surface area (Å²) in [6.07, 6.45) is 6.07. The van der Waals surface area contributed by atoms with E-state index in [0.29, 0.717) is 12.8 Å². The van der Waals surface area contributed by atoms with Crippen LogP contribution in [-0.4, -0.2) is 5.91 Å². The Morgan fingerprint density at radius 2 is 2.15 bits per heavy atom. The predicted octanol–water partition coefficient (Wildman–Crippen LogP) is 3.41. The number of hydrogen-bond acceptors (Lipinski definition) is 2. The number of benzene rings is 1. The van der Waals surface area contributed by atoms with Crippen LogP contribution in [0.1, 0.15) is 42.2 Å². The summed E-state index contributed by atoms with van der Waals surface area (Å²) in [7, 11) is 0. The van der Waals surface area contributed by atoms with Gasteiger partial charge in [0.2, 0.25) is 5.91 Å². The van der Waals surface area contributed by atoms with Gasteiger partial charge in [0.15, 0.2) is 0 Å². The molecule has 0 fully saturated rings. The minimum absolute atomic E-state index is 0.100. The highest BCUT2D eigenvalue weighted by Gasteiger charge is 2.21. The second-order valence-corrected chi connectivity index (χ2v) is 5.29. The molecule has 1 unspecified atom stereocenters. The zero-order valence-corrected chi connectivity index (χ0v) is 11.5. The molecule has 0 saturated heterocycles. The van der Waals surface area contributed by atoms with Gasteiger partial charge >= 0.3 is 0 Å². The van der Waals surface area contributed by atoms with Crippen LogP contribution in [0, 0.1) is 0 Å². The van der Waals surface area contributed by atoms with Crippen molar-refractivity contribution in [1.29, 1.82) is 0 Å². The van der Waals surface area contributed by atoms with Crippen LogP contribution in [0.15, 0.2) is 47.1 Å². The molecule has 3 heteroatoms. The number of carbonyl (C=O) groups excluding carboxylic acids is 1. The number of aryl methyl sites for hydroxylation is 2. The summed E-state index contributed by atoms with van der Waals surface area (Å²) in [6.45, 7) is 0. The van der Waals surface area contributed by atoms with Gasteiger partial charge in [-0.15, -0.1) is 0 Å². The lowest BCUT2D eigenvalue weighted by atomic mass is 9.87. The van der Waals surface area contributed by atoms with E-state index in [2.05, 4.69) is 23.5 Å². The highest BCUT2D eigenvalue weighted by Crippen LogP contribution is 2.29. The fourth-order valence-corrected chi connectivity index (χ4v) is 2.86. The maximum absolute atomic E-state index is 12.1. The number of carbonyl (C=O) groups is 1. The number of nitrogens with one attached hydrogen (secondary N) is 1. The summed E-state index contributed by atoms with van der Waals surface area (Å²) in [5, 5.41) is 3.16. The summed E-state index contributed by atoms with van der Waals surface area (Å²) in [5.41, 5.74) is 2.65. The molecule has 3 rings (SSSR count). The quantitative estimate of drug-likeness (QED) is 0.924. The zero-order chi connectivity index (χ0) is 13.8. The van der Waals surface area contributed by atoms with Gasteiger partial charge in [0.05, 0.1) is 12.3 Å². The first-order valence-corrected chi connectivity index (χ1v) is 7.22. The molecule has 0 radical (unpaired) electrons. The molecule has 1 aliphatic rings. The molecule has 0 aliphatic heterocycles. The van der Waals surface area contributed by atoms with Gasteiger partial charge in [-0.1, -0.05) is 24.3 Å². The SMILES string of the molecule is O=C(CCc1ccco1)NC1CCCc2ccccc21. The van der Waals surface area contributed by atoms with Crippen LogP contribution in [0.3, 0.4) is 0 Å². The van der Waals surface area contributed by atoms with Gasteiger partial charge in [0.25, 0.3) is 0 Å². The lowest BCUT2D eigenvalue weighted by molar-refractivity contribution is -0.122. The van der Waals surface area contributed by atoms with Gasteiger partial charge in [-0.2, -0.15) is 0 Å². The summed E-state index contributed by atoms with van der Waals surface area (Å²) in [5.74, 6) is 0.965. The maximum Gasteiger partial charge on any atom is 0.220 e. The van der Waals surface area contributed by atoms with E-state index in [4.69, 9.17) is 4.42 Å². The van der Waals surface area contributed by atoms with Crippen LogP contribution in [0.4, 0.5) is 0 Å². The Labute approximate surface area is 119 Å². The van der Waals surface area contributed by atoms with Gasteiger partial charge in [0.1, 0.15) is 5.76 Å². The van der Waals surface area contributed by atoms with E-state index in [1.807, 2.05) is 18.2 Å². The van der Waals surface area contributed by atoms with Crippen molar-refractivity contribution in [3.05, 3.63) is 59.5 Å². The smallest absolute Gasteiger partial charge is 0.220 e. The Balaban J connectivity index is 1.59. The largest absolute Gasteiger partial charge is 0.469 e. The third-order valence-electron chi connectivity index (χ3n) is 3.88. The van der Waals surface area contributed by atoms with Crippen LogP contribution >= 0.6 is 0 Å². The van der Waals surface area contributed by atoms with Gasteiger partial charge in [-0.25, -0.2) is 0 Å². The van der Waals surface area contributed by atoms with Crippen molar-refractivity contribution in [2.75, 3.05) is 0 Å². The van der Waals surface area contributed by atoms with Gasteiger partial charge < -0.3 is 9.73 Å². The summed E-state index contributed by atoms with van der Waals surface area (Å²) in [4.78, 5) is 12.1. The topological polar surface area (TPSA) is 42.2 Å². The maximum atomic E-state index is 12.1. The first kappa shape index (κ1) is 13.0. The fourth-order valence-electron chi connectivity index (χ4n) is 2.86. The molecule has 1 aromatic carbocycles. The molecular formula is C17H19NO2. The minimum Gasteiger partial charge on any atom is -0.469 e. The normalized spacial score (nSPS) is 17.5. The van der Waals surface area contributed by atoms with E-state index in [9.17, 15) is 4.79 Å². The van der Waals surface area contributed by atoms with Crippen molar-refractivity contribution in [3.63, 3.8) is 0 Å². The van der Waals surface area contributed by atoms with Crippen molar-refractivity contribution in [1.82, 2.24) is 5.32 Å². The molecule has 2 aromatic rings. The van der Waals surface area contributed by atoms with Crippen LogP contribution in [0.2, 0.25) is 0 Å². The van der Waals surface area contributed by atoms with Gasteiger partial charge in [-0.3, -0.25) is 4.79 Å². The summed E-state index contributed by atoms with van der Waals surface area (Å²) in [6, 6.07) is 12.3. The summed E-state index contributed by atoms with van der Waals surface area (Å²) >= 11 is 0. The van der Waals surface area contributed by atoms with E-state index in [1.165, 1.54) is 11.1 Å². The third-order valence-corrected chi connectivity index (χ3v) is 3.88. The van der Waals surface area contributed by atoms with Crippen LogP contribution in [0.25, 0.3) is 0 Å². The molecule has 0 bridgehead atoms. The summed E-state index contributed by atoms with van der Waals surface area (Å²) < 4.78 is 5.25. The average Bonchev–Trinajstić information content (AvgIpc) is 2.99. The lowest BCUT2D eigenvalue weighted by Crippen LogP contribution is -2.31. The second kappa shape index (κ2) is 5.95. The molecule has 104 valence electrons. The number of fused-ring (bicyclic) bond motifs is 1. The highest BCUT2D eigenvalue weighted by molar-refractivity contribution is 5.76. The zero-order valence-electron chi connectivity index (χ0n) is 11.5. The first-order chi connectivity index (χ1) is 9.83. The van der Waals surface area contributed by atoms with Crippen molar-refractivity contribution >= 4 is 5.91 Å². The fraction of sp³-hybridized carbons (Fsp3) is 0.353. The van der Waals surface area contributed by atoms with E-state index in [1.54, 1.807) is 6.26 Å². The molecule has 1 amide bonds. The second-order valence-electron chi connectivity index (χ2n) is 5.29. The van der Waals surface area contributed by atoms with Crippen molar-refractivity contribution in [2.24, 2.45) is 0 Å². The third kappa shape index (κ3) is 2.93. The van der Waals surface area contributed by atoms with Crippen molar-refractivity contribution in [2.45, 2.75) is 38.1 Å². The molecule has 1 N–H and O–H groups in total. The average molecular weight is 269 g/mol. The van der Waals surface area contributed by atoms with Crippen LogP contribution < -0.4 is 5.32 Å². The van der Waals surface area contributed by atoms with Crippen molar-refractivity contribution < 1.29 is 9.21 Å². The number of amides is 1. The minimum atomic E-state index is 0.100. The number of furan rings is 1. The van der Waals surface area contributed by atoms with Gasteiger partial charge in [0, 0.05) is 12.8 Å². The number of rotatable bonds is 4. The Morgan fingerprint density at radius 1 is 1.25 bits per heavy atom. The van der Waals surface area contributed by atoms with Crippen LogP contribution in [-0.2, 0) is 17.6 Å². The lowest BCUT2D eigenvalue weighted by Gasteiger charge is -2.26. The molecule has 1 heterocycles. The molecule has 1 atom stereocenters. The Morgan fingerprint density at radius 3 is 3.00 bits per heavy atom. The first-order valence-electron chi connectivity index (χ1n) is 7.22. The molecular weight excluding hydrogens is 250 g/mol. The van der Waals surface area contributed by atoms with Gasteiger partial charge in [-0.05, 0) is 42.5 Å². The van der Waals surface area contributed by atoms with E-state index < -0.39 is 0 Å². The Bertz CT molecular complexity index is 574. The highest BCUT2D eigenvalue weighted by atomic mass is 16.3. The molecule has 3 nitrogen and oxygen atoms in total. The molecule has 1 aliphatic carbocycles. The molecule has 20 heavy (non-hydrogen) atoms. The van der Waals surface area contributed by atoms with Crippen LogP contribution in [0.5, 0.6) is 0 Å². The Kier molecular flexibility index (Phi) is 3.86. The standard InChI is InChI=1S/C17H19NO2/c19-17(11-10-14-7-4-12-20-14)18-16-9-3-6-13-5-1-2-8-15(13)16/h1-2,4-5,7-8,12,16H,3,6,9-11H2,(H,18,19). The van der Waals surface area contributed by atoms with Crippen molar-refractivity contribution in [3.8, 4) is 0 Å². The predicted molar refractivity (Wildman–Crippen MR) is 77.3 cm³/mol. The molecule has 0 saturated carbocycles.